The molecule has 8 nitrogen and oxygen atoms in total. The number of imidazole rings is 1. The van der Waals surface area contributed by atoms with E-state index in [1.807, 2.05) is 30.3 Å². The van der Waals surface area contributed by atoms with Gasteiger partial charge < -0.3 is 9.30 Å². The summed E-state index contributed by atoms with van der Waals surface area (Å²) in [6, 6.07) is 9.43. The predicted octanol–water partition coefficient (Wildman–Crippen LogP) is 0.668. The lowest BCUT2D eigenvalue weighted by molar-refractivity contribution is -0.134. The molecule has 3 aromatic rings. The smallest absolute Gasteiger partial charge is 0.332 e. The number of methoxy groups -OCH3 is 1. The molecule has 0 bridgehead atoms. The van der Waals surface area contributed by atoms with Gasteiger partial charge in [0, 0.05) is 20.2 Å². The summed E-state index contributed by atoms with van der Waals surface area (Å²) < 4.78 is 8.62. The predicted molar refractivity (Wildman–Crippen MR) is 96.8 cm³/mol. The SMILES string of the molecule is COC(=O)/C=C/c1nc2c(c(=O)n(C)c(=O)n2Cc2ccccc2)n1C. The van der Waals surface area contributed by atoms with E-state index < -0.39 is 17.2 Å². The van der Waals surface area contributed by atoms with Crippen LogP contribution in [-0.2, 0) is 30.2 Å². The molecular formula is C18H18N4O4. The van der Waals surface area contributed by atoms with Gasteiger partial charge in [0.1, 0.15) is 5.82 Å². The summed E-state index contributed by atoms with van der Waals surface area (Å²) in [5.74, 6) is -0.165. The zero-order valence-corrected chi connectivity index (χ0v) is 14.7. The maximum absolute atomic E-state index is 12.6. The number of hydrogen-bond donors (Lipinski definition) is 0. The molecule has 0 saturated carbocycles. The van der Waals surface area contributed by atoms with Crippen LogP contribution in [0.5, 0.6) is 0 Å². The Labute approximate surface area is 148 Å². The second-order valence-electron chi connectivity index (χ2n) is 5.78. The highest BCUT2D eigenvalue weighted by Gasteiger charge is 2.18. The number of rotatable bonds is 4. The number of esters is 1. The maximum atomic E-state index is 12.6. The molecule has 0 saturated heterocycles. The molecule has 0 amide bonds. The van der Waals surface area contributed by atoms with E-state index in [9.17, 15) is 14.4 Å². The van der Waals surface area contributed by atoms with Crippen LogP contribution >= 0.6 is 0 Å². The minimum Gasteiger partial charge on any atom is -0.466 e. The largest absolute Gasteiger partial charge is 0.466 e. The van der Waals surface area contributed by atoms with Crippen LogP contribution < -0.4 is 11.2 Å². The van der Waals surface area contributed by atoms with E-state index >= 15 is 0 Å². The number of carbonyl (C=O) groups excluding carboxylic acids is 1. The number of nitrogens with zero attached hydrogens (tertiary/aromatic N) is 4. The summed E-state index contributed by atoms with van der Waals surface area (Å²) in [4.78, 5) is 40.9. The molecule has 2 heterocycles. The van der Waals surface area contributed by atoms with Gasteiger partial charge in [0.25, 0.3) is 5.56 Å². The number of aryl methyl sites for hydroxylation is 1. The molecule has 0 aliphatic heterocycles. The Bertz CT molecular complexity index is 1120. The molecule has 26 heavy (non-hydrogen) atoms. The van der Waals surface area contributed by atoms with Crippen molar-refractivity contribution in [3.8, 4) is 0 Å². The number of carbonyl (C=O) groups is 1. The summed E-state index contributed by atoms with van der Waals surface area (Å²) in [6.07, 6.45) is 2.66. The van der Waals surface area contributed by atoms with Crippen LogP contribution in [0.15, 0.2) is 46.0 Å². The lowest BCUT2D eigenvalue weighted by atomic mass is 10.2. The van der Waals surface area contributed by atoms with E-state index in [4.69, 9.17) is 0 Å². The average molecular weight is 354 g/mol. The highest BCUT2D eigenvalue weighted by Crippen LogP contribution is 2.13. The molecule has 1 aromatic carbocycles. The fourth-order valence-corrected chi connectivity index (χ4v) is 2.71. The topological polar surface area (TPSA) is 88.1 Å². The van der Waals surface area contributed by atoms with Crippen LogP contribution in [0.3, 0.4) is 0 Å². The van der Waals surface area contributed by atoms with Crippen molar-refractivity contribution in [3.63, 3.8) is 0 Å². The fourth-order valence-electron chi connectivity index (χ4n) is 2.71. The molecule has 8 heteroatoms. The third-order valence-electron chi connectivity index (χ3n) is 4.15. The van der Waals surface area contributed by atoms with E-state index in [0.29, 0.717) is 5.82 Å². The van der Waals surface area contributed by atoms with Gasteiger partial charge in [-0.05, 0) is 11.6 Å². The lowest BCUT2D eigenvalue weighted by Gasteiger charge is -2.09. The Morgan fingerprint density at radius 3 is 2.50 bits per heavy atom. The van der Waals surface area contributed by atoms with Gasteiger partial charge in [-0.2, -0.15) is 0 Å². The first-order valence-electron chi connectivity index (χ1n) is 7.90. The molecule has 0 fully saturated rings. The van der Waals surface area contributed by atoms with Gasteiger partial charge in [0.2, 0.25) is 0 Å². The highest BCUT2D eigenvalue weighted by atomic mass is 16.5. The van der Waals surface area contributed by atoms with Gasteiger partial charge in [-0.25, -0.2) is 14.6 Å². The Morgan fingerprint density at radius 1 is 1.15 bits per heavy atom. The quantitative estimate of drug-likeness (QED) is 0.508. The van der Waals surface area contributed by atoms with E-state index in [2.05, 4.69) is 9.72 Å². The molecule has 0 radical (unpaired) electrons. The molecule has 134 valence electrons. The number of ether oxygens (including phenoxy) is 1. The molecule has 0 atom stereocenters. The molecule has 0 N–H and O–H groups in total. The number of aromatic nitrogens is 4. The van der Waals surface area contributed by atoms with Crippen LogP contribution in [0.25, 0.3) is 17.2 Å². The molecule has 0 aliphatic carbocycles. The van der Waals surface area contributed by atoms with Gasteiger partial charge >= 0.3 is 11.7 Å². The Hall–Kier alpha value is -3.42. The molecule has 0 spiro atoms. The van der Waals surface area contributed by atoms with Crippen LogP contribution in [0, 0.1) is 0 Å². The van der Waals surface area contributed by atoms with Crippen molar-refractivity contribution in [2.45, 2.75) is 6.54 Å². The summed E-state index contributed by atoms with van der Waals surface area (Å²) in [5.41, 5.74) is 0.573. The van der Waals surface area contributed by atoms with Crippen molar-refractivity contribution in [1.29, 1.82) is 0 Å². The van der Waals surface area contributed by atoms with Gasteiger partial charge in [-0.3, -0.25) is 13.9 Å². The summed E-state index contributed by atoms with van der Waals surface area (Å²) in [7, 11) is 4.36. The minimum atomic E-state index is -0.536. The second-order valence-corrected chi connectivity index (χ2v) is 5.78. The molecule has 2 aromatic heterocycles. The summed E-state index contributed by atoms with van der Waals surface area (Å²) in [5, 5.41) is 0. The molecule has 0 unspecified atom stereocenters. The molecule has 3 rings (SSSR count). The third kappa shape index (κ3) is 2.97. The number of hydrogen-bond acceptors (Lipinski definition) is 5. The van der Waals surface area contributed by atoms with E-state index in [0.717, 1.165) is 10.1 Å². The van der Waals surface area contributed by atoms with Crippen molar-refractivity contribution in [2.75, 3.05) is 7.11 Å². The first-order chi connectivity index (χ1) is 12.4. The summed E-state index contributed by atoms with van der Waals surface area (Å²) >= 11 is 0. The Balaban J connectivity index is 2.24. The monoisotopic (exact) mass is 354 g/mol. The van der Waals surface area contributed by atoms with Crippen molar-refractivity contribution in [3.05, 3.63) is 68.6 Å². The zero-order valence-electron chi connectivity index (χ0n) is 14.7. The third-order valence-corrected chi connectivity index (χ3v) is 4.15. The molecular weight excluding hydrogens is 336 g/mol. The normalized spacial score (nSPS) is 11.3. The Morgan fingerprint density at radius 2 is 1.85 bits per heavy atom. The van der Waals surface area contributed by atoms with E-state index in [-0.39, 0.29) is 17.7 Å². The molecule has 0 aliphatic rings. The lowest BCUT2D eigenvalue weighted by Crippen LogP contribution is -2.38. The van der Waals surface area contributed by atoms with Gasteiger partial charge in [0.15, 0.2) is 11.2 Å². The first kappa shape index (κ1) is 17.4. The van der Waals surface area contributed by atoms with E-state index in [1.54, 1.807) is 11.6 Å². The minimum absolute atomic E-state index is 0.272. The van der Waals surface area contributed by atoms with Crippen LogP contribution in [-0.4, -0.2) is 31.8 Å². The van der Waals surface area contributed by atoms with Crippen molar-refractivity contribution < 1.29 is 9.53 Å². The number of benzene rings is 1. The standard InChI is InChI=1S/C18H18N4O4/c1-20-13(9-10-14(23)26-3)19-16-15(20)17(24)21(2)18(25)22(16)11-12-7-5-4-6-8-12/h4-10H,11H2,1-3H3/b10-9+. The van der Waals surface area contributed by atoms with Gasteiger partial charge in [-0.15, -0.1) is 0 Å². The van der Waals surface area contributed by atoms with Crippen LogP contribution in [0.4, 0.5) is 0 Å². The van der Waals surface area contributed by atoms with Crippen molar-refractivity contribution in [1.82, 2.24) is 18.7 Å². The van der Waals surface area contributed by atoms with Crippen LogP contribution in [0.1, 0.15) is 11.4 Å². The highest BCUT2D eigenvalue weighted by molar-refractivity contribution is 5.87. The van der Waals surface area contributed by atoms with Gasteiger partial charge in [-0.1, -0.05) is 30.3 Å². The fraction of sp³-hybridized carbons (Fsp3) is 0.222. The Kier molecular flexibility index (Phi) is 4.57. The zero-order chi connectivity index (χ0) is 18.8. The first-order valence-corrected chi connectivity index (χ1v) is 7.90. The second kappa shape index (κ2) is 6.83. The average Bonchev–Trinajstić information content (AvgIpc) is 2.98. The van der Waals surface area contributed by atoms with E-state index in [1.165, 1.54) is 30.9 Å². The maximum Gasteiger partial charge on any atom is 0.332 e. The van der Waals surface area contributed by atoms with Crippen molar-refractivity contribution in [2.24, 2.45) is 14.1 Å². The van der Waals surface area contributed by atoms with Crippen molar-refractivity contribution >= 4 is 23.2 Å². The number of fused-ring (bicyclic) bond motifs is 1. The summed E-state index contributed by atoms with van der Waals surface area (Å²) in [6.45, 7) is 0.279. The van der Waals surface area contributed by atoms with Crippen LogP contribution in [0.2, 0.25) is 0 Å². The van der Waals surface area contributed by atoms with Gasteiger partial charge in [0.05, 0.1) is 13.7 Å².